The van der Waals surface area contributed by atoms with Crippen molar-refractivity contribution in [3.8, 4) is 17.6 Å². The molecule has 4 rings (SSSR count). The number of thioether (sulfide) groups is 1. The maximum atomic E-state index is 13.6. The van der Waals surface area contributed by atoms with E-state index in [0.717, 1.165) is 42.2 Å². The lowest BCUT2D eigenvalue weighted by Gasteiger charge is -2.34. The predicted octanol–water partition coefficient (Wildman–Crippen LogP) is 5.67. The van der Waals surface area contributed by atoms with E-state index in [2.05, 4.69) is 27.4 Å². The van der Waals surface area contributed by atoms with Crippen LogP contribution in [0.15, 0.2) is 47.4 Å². The number of fused-ring (bicyclic) bond motifs is 1. The van der Waals surface area contributed by atoms with Crippen LogP contribution in [-0.2, 0) is 11.3 Å². The first-order valence-electron chi connectivity index (χ1n) is 14.1. The lowest BCUT2D eigenvalue weighted by molar-refractivity contribution is -0.140. The number of hydrogen-bond donors (Lipinski definition) is 3. The Kier molecular flexibility index (Phi) is 11.3. The Hall–Kier alpha value is -3.04. The summed E-state index contributed by atoms with van der Waals surface area (Å²) < 4.78 is 52.9. The Balaban J connectivity index is 1.50. The highest BCUT2D eigenvalue weighted by Crippen LogP contribution is 2.32. The van der Waals surface area contributed by atoms with Crippen molar-refractivity contribution < 1.29 is 27.8 Å². The quantitative estimate of drug-likeness (QED) is 0.182. The maximum Gasteiger partial charge on any atom is 0.406 e. The molecule has 1 unspecified atom stereocenters. The van der Waals surface area contributed by atoms with E-state index in [4.69, 9.17) is 9.47 Å². The molecule has 3 aromatic rings. The molecule has 3 N–H and O–H groups in total. The van der Waals surface area contributed by atoms with Crippen molar-refractivity contribution in [2.45, 2.75) is 49.5 Å². The lowest BCUT2D eigenvalue weighted by Crippen LogP contribution is -2.43. The van der Waals surface area contributed by atoms with Crippen LogP contribution in [-0.4, -0.2) is 85.7 Å². The number of rotatable bonds is 12. The third-order valence-corrected chi connectivity index (χ3v) is 7.86. The third-order valence-electron chi connectivity index (χ3n) is 7.13. The second-order valence-corrected chi connectivity index (χ2v) is 11.1. The number of benzene rings is 2. The zero-order valence-corrected chi connectivity index (χ0v) is 25.1. The molecule has 42 heavy (non-hydrogen) atoms. The molecule has 0 spiro atoms. The number of nitrogens with one attached hydrogen (secondary N) is 2. The van der Waals surface area contributed by atoms with Crippen LogP contribution in [0.5, 0.6) is 5.75 Å². The smallest absolute Gasteiger partial charge is 0.406 e. The number of piperidine rings is 1. The normalized spacial score (nSPS) is 15.3. The molecule has 0 aliphatic carbocycles. The molecular weight excluding hydrogens is 565 g/mol. The number of methoxy groups -OCH3 is 1. The second kappa shape index (κ2) is 14.9. The van der Waals surface area contributed by atoms with Crippen LogP contribution in [0.1, 0.15) is 25.5 Å². The van der Waals surface area contributed by atoms with Gasteiger partial charge in [-0.3, -0.25) is 0 Å². The van der Waals surface area contributed by atoms with Crippen LogP contribution in [0, 0.1) is 11.8 Å². The first-order valence-corrected chi connectivity index (χ1v) is 15.3. The Morgan fingerprint density at radius 1 is 1.14 bits per heavy atom. The number of halogens is 3. The van der Waals surface area contributed by atoms with Gasteiger partial charge < -0.3 is 34.7 Å². The van der Waals surface area contributed by atoms with Crippen molar-refractivity contribution in [2.24, 2.45) is 0 Å². The van der Waals surface area contributed by atoms with Crippen molar-refractivity contribution in [3.63, 3.8) is 0 Å². The zero-order valence-electron chi connectivity index (χ0n) is 24.3. The van der Waals surface area contributed by atoms with E-state index in [1.54, 1.807) is 37.1 Å². The van der Waals surface area contributed by atoms with E-state index in [1.165, 1.54) is 4.57 Å². The summed E-state index contributed by atoms with van der Waals surface area (Å²) >= 11 is 1.62. The molecule has 11 heteroatoms. The SMILES string of the molecule is CCOc1cc(SC)ccc1NCC#Cc1cc2c(NC3CCN(CC(O)COC)CC3)cccc2n1CC(F)(F)F. The van der Waals surface area contributed by atoms with Crippen LogP contribution in [0.25, 0.3) is 10.9 Å². The van der Waals surface area contributed by atoms with Gasteiger partial charge in [0.15, 0.2) is 0 Å². The van der Waals surface area contributed by atoms with Gasteiger partial charge in [-0.15, -0.1) is 11.8 Å². The highest BCUT2D eigenvalue weighted by Gasteiger charge is 2.30. The fourth-order valence-corrected chi connectivity index (χ4v) is 5.64. The van der Waals surface area contributed by atoms with Gasteiger partial charge in [-0.05, 0) is 68.3 Å². The number of aliphatic hydroxyl groups is 1. The first-order chi connectivity index (χ1) is 20.2. The third kappa shape index (κ3) is 8.74. The van der Waals surface area contributed by atoms with Gasteiger partial charge in [-0.1, -0.05) is 12.0 Å². The number of hydrogen-bond acceptors (Lipinski definition) is 7. The number of nitrogens with zero attached hydrogens (tertiary/aromatic N) is 2. The van der Waals surface area contributed by atoms with Crippen LogP contribution in [0.3, 0.4) is 0 Å². The second-order valence-electron chi connectivity index (χ2n) is 10.2. The number of likely N-dealkylation sites (tertiary alicyclic amines) is 1. The summed E-state index contributed by atoms with van der Waals surface area (Å²) in [5.74, 6) is 6.68. The molecule has 0 bridgehead atoms. The number of alkyl halides is 3. The van der Waals surface area contributed by atoms with E-state index >= 15 is 0 Å². The van der Waals surface area contributed by atoms with Gasteiger partial charge in [0.25, 0.3) is 0 Å². The summed E-state index contributed by atoms with van der Waals surface area (Å²) in [6.45, 7) is 4.05. The zero-order chi connectivity index (χ0) is 30.1. The molecular formula is C31H39F3N4O3S. The van der Waals surface area contributed by atoms with Gasteiger partial charge in [0, 0.05) is 48.8 Å². The molecule has 0 saturated carbocycles. The molecule has 7 nitrogen and oxygen atoms in total. The molecule has 1 aliphatic heterocycles. The summed E-state index contributed by atoms with van der Waals surface area (Å²) in [6, 6.07) is 13.2. The number of anilines is 2. The van der Waals surface area contributed by atoms with E-state index in [0.29, 0.717) is 42.1 Å². The van der Waals surface area contributed by atoms with Crippen LogP contribution in [0.4, 0.5) is 24.5 Å². The van der Waals surface area contributed by atoms with Gasteiger partial charge in [0.1, 0.15) is 12.3 Å². The fraction of sp³-hybridized carbons (Fsp3) is 0.484. The minimum absolute atomic E-state index is 0.174. The summed E-state index contributed by atoms with van der Waals surface area (Å²) in [4.78, 5) is 3.28. The molecule has 1 aromatic heterocycles. The monoisotopic (exact) mass is 604 g/mol. The molecule has 228 valence electrons. The van der Waals surface area contributed by atoms with Gasteiger partial charge in [0.2, 0.25) is 0 Å². The molecule has 1 aliphatic rings. The summed E-state index contributed by atoms with van der Waals surface area (Å²) in [6.07, 6.45) is -1.21. The minimum atomic E-state index is -4.39. The standard InChI is InChI=1S/C31H39F3N4O3S/c1-4-41-30-18-25(42-3)10-11-28(30)35-14-6-7-23-17-26-27(8-5-9-29(26)38(23)21-31(32,33)34)36-22-12-15-37(16-13-22)19-24(39)20-40-2/h5,8-11,17-18,22,24,35-36,39H,4,12-16,19-21H2,1-3H3. The lowest BCUT2D eigenvalue weighted by atomic mass is 10.0. The van der Waals surface area contributed by atoms with E-state index in [-0.39, 0.29) is 12.6 Å². The largest absolute Gasteiger partial charge is 0.492 e. The highest BCUT2D eigenvalue weighted by atomic mass is 32.2. The Morgan fingerprint density at radius 2 is 1.93 bits per heavy atom. The number of β-amino-alcohol motifs (C(OH)–C–C–N with tert-alkyl or cyclic N) is 1. The molecule has 1 atom stereocenters. The van der Waals surface area contributed by atoms with Crippen LogP contribution in [0.2, 0.25) is 0 Å². The number of aliphatic hydroxyl groups excluding tert-OH is 1. The number of ether oxygens (including phenoxy) is 2. The molecule has 1 fully saturated rings. The first kappa shape index (κ1) is 31.9. The topological polar surface area (TPSA) is 70.9 Å². The van der Waals surface area contributed by atoms with E-state index in [9.17, 15) is 18.3 Å². The molecule has 0 amide bonds. The summed E-state index contributed by atoms with van der Waals surface area (Å²) in [7, 11) is 1.57. The predicted molar refractivity (Wildman–Crippen MR) is 164 cm³/mol. The average molecular weight is 605 g/mol. The van der Waals surface area contributed by atoms with Crippen LogP contribution < -0.4 is 15.4 Å². The molecule has 2 aromatic carbocycles. The molecule has 2 heterocycles. The fourth-order valence-electron chi connectivity index (χ4n) is 5.21. The molecule has 0 radical (unpaired) electrons. The highest BCUT2D eigenvalue weighted by molar-refractivity contribution is 7.98. The van der Waals surface area contributed by atoms with Gasteiger partial charge in [-0.2, -0.15) is 13.2 Å². The van der Waals surface area contributed by atoms with Crippen molar-refractivity contribution in [1.29, 1.82) is 0 Å². The van der Waals surface area contributed by atoms with Gasteiger partial charge >= 0.3 is 6.18 Å². The average Bonchev–Trinajstić information content (AvgIpc) is 3.29. The van der Waals surface area contributed by atoms with Gasteiger partial charge in [0.05, 0.1) is 42.8 Å². The van der Waals surface area contributed by atoms with Crippen molar-refractivity contribution in [2.75, 3.05) is 63.4 Å². The van der Waals surface area contributed by atoms with E-state index in [1.807, 2.05) is 37.4 Å². The van der Waals surface area contributed by atoms with Crippen molar-refractivity contribution in [1.82, 2.24) is 9.47 Å². The summed E-state index contributed by atoms with van der Waals surface area (Å²) in [5.41, 5.74) is 2.37. The molecule has 1 saturated heterocycles. The van der Waals surface area contributed by atoms with Crippen molar-refractivity contribution in [3.05, 3.63) is 48.2 Å². The number of aromatic nitrogens is 1. The van der Waals surface area contributed by atoms with Gasteiger partial charge in [-0.25, -0.2) is 0 Å². The maximum absolute atomic E-state index is 13.6. The Labute approximate surface area is 249 Å². The van der Waals surface area contributed by atoms with E-state index < -0.39 is 18.8 Å². The Bertz CT molecular complexity index is 1380. The Morgan fingerprint density at radius 3 is 2.62 bits per heavy atom. The summed E-state index contributed by atoms with van der Waals surface area (Å²) in [5, 5.41) is 17.5. The minimum Gasteiger partial charge on any atom is -0.492 e. The van der Waals surface area contributed by atoms with Crippen molar-refractivity contribution >= 4 is 34.0 Å². The van der Waals surface area contributed by atoms with Crippen LogP contribution >= 0.6 is 11.8 Å².